The quantitative estimate of drug-likeness (QED) is 0.162. The Hall–Kier alpha value is -6.62. The van der Waals surface area contributed by atoms with Crippen LogP contribution >= 0.6 is 11.3 Å². The van der Waals surface area contributed by atoms with Crippen LogP contribution in [0.3, 0.4) is 0 Å². The number of para-hydroxylation sites is 3. The summed E-state index contributed by atoms with van der Waals surface area (Å²) in [6.45, 7) is 0. The third-order valence-corrected chi connectivity index (χ3v) is 12.7. The first-order valence-electron chi connectivity index (χ1n) is 18.8. The zero-order valence-corrected chi connectivity index (χ0v) is 30.2. The molecule has 0 fully saturated rings. The highest BCUT2D eigenvalue weighted by molar-refractivity contribution is 7.26. The molecule has 3 heterocycles. The number of hydrogen-bond donors (Lipinski definition) is 0. The van der Waals surface area contributed by atoms with Gasteiger partial charge in [0.05, 0.1) is 22.2 Å². The van der Waals surface area contributed by atoms with E-state index in [1.54, 1.807) is 0 Å². The van der Waals surface area contributed by atoms with Gasteiger partial charge in [-0.05, 0) is 85.6 Å². The molecule has 8 aromatic carbocycles. The highest BCUT2D eigenvalue weighted by Gasteiger charge is 2.26. The van der Waals surface area contributed by atoms with Crippen LogP contribution in [0.4, 0.5) is 17.1 Å². The SMILES string of the molecule is C1=Cc2c(n(-c3ccccc3)c3cc(N(c4ccccc4)c4ccc5c6c4ccc4c7sc8ccccc8c7cc(c46)n5-c4ccccc4)ccc23)CC1. The van der Waals surface area contributed by atoms with Crippen LogP contribution in [0.25, 0.3) is 81.1 Å². The van der Waals surface area contributed by atoms with Gasteiger partial charge in [-0.25, -0.2) is 0 Å². The second-order valence-corrected chi connectivity index (χ2v) is 15.5. The Labute approximate surface area is 316 Å². The highest BCUT2D eigenvalue weighted by atomic mass is 32.1. The predicted octanol–water partition coefficient (Wildman–Crippen LogP) is 14.1. The lowest BCUT2D eigenvalue weighted by Crippen LogP contribution is -2.11. The molecule has 1 aliphatic carbocycles. The Morgan fingerprint density at radius 3 is 1.98 bits per heavy atom. The first-order chi connectivity index (χ1) is 26.8. The van der Waals surface area contributed by atoms with Gasteiger partial charge in [0.15, 0.2) is 0 Å². The first-order valence-corrected chi connectivity index (χ1v) is 19.6. The second kappa shape index (κ2) is 11.4. The molecule has 0 saturated heterocycles. The molecule has 4 heteroatoms. The van der Waals surface area contributed by atoms with Crippen LogP contribution in [0.5, 0.6) is 0 Å². The maximum absolute atomic E-state index is 2.49. The Morgan fingerprint density at radius 1 is 0.481 bits per heavy atom. The van der Waals surface area contributed by atoms with Gasteiger partial charge in [-0.1, -0.05) is 103 Å². The highest BCUT2D eigenvalue weighted by Crippen LogP contribution is 2.50. The maximum atomic E-state index is 2.49. The summed E-state index contributed by atoms with van der Waals surface area (Å²) < 4.78 is 7.65. The minimum atomic E-state index is 1.03. The lowest BCUT2D eigenvalue weighted by atomic mass is 9.98. The summed E-state index contributed by atoms with van der Waals surface area (Å²) in [4.78, 5) is 2.46. The summed E-state index contributed by atoms with van der Waals surface area (Å²) in [7, 11) is 0. The Bertz CT molecular complexity index is 3260. The molecule has 0 unspecified atom stereocenters. The van der Waals surface area contributed by atoms with Crippen molar-refractivity contribution in [3.63, 3.8) is 0 Å². The van der Waals surface area contributed by atoms with Crippen LogP contribution in [-0.2, 0) is 6.42 Å². The molecule has 3 aromatic heterocycles. The van der Waals surface area contributed by atoms with E-state index in [0.717, 1.165) is 24.2 Å². The Balaban J connectivity index is 1.17. The Kier molecular flexibility index (Phi) is 6.33. The number of hydrogen-bond acceptors (Lipinski definition) is 2. The van der Waals surface area contributed by atoms with Gasteiger partial charge in [-0.2, -0.15) is 0 Å². The van der Waals surface area contributed by atoms with Crippen molar-refractivity contribution in [1.29, 1.82) is 0 Å². The third-order valence-electron chi connectivity index (χ3n) is 11.5. The number of benzene rings is 8. The van der Waals surface area contributed by atoms with Crippen LogP contribution in [0.2, 0.25) is 0 Å². The minimum absolute atomic E-state index is 1.03. The van der Waals surface area contributed by atoms with E-state index in [2.05, 4.69) is 190 Å². The molecule has 254 valence electrons. The van der Waals surface area contributed by atoms with Crippen molar-refractivity contribution in [2.75, 3.05) is 4.90 Å². The molecule has 0 radical (unpaired) electrons. The van der Waals surface area contributed by atoms with E-state index in [9.17, 15) is 0 Å². The largest absolute Gasteiger partial charge is 0.313 e. The monoisotopic (exact) mass is 707 g/mol. The number of anilines is 3. The van der Waals surface area contributed by atoms with Crippen molar-refractivity contribution in [2.45, 2.75) is 12.8 Å². The Morgan fingerprint density at radius 2 is 1.17 bits per heavy atom. The summed E-state index contributed by atoms with van der Waals surface area (Å²) in [6.07, 6.45) is 6.73. The summed E-state index contributed by atoms with van der Waals surface area (Å²) in [5.41, 5.74) is 12.2. The average Bonchev–Trinajstić information content (AvgIpc) is 3.89. The van der Waals surface area contributed by atoms with Crippen LogP contribution in [0.15, 0.2) is 170 Å². The molecule has 0 saturated carbocycles. The van der Waals surface area contributed by atoms with Gasteiger partial charge in [-0.3, -0.25) is 0 Å². The van der Waals surface area contributed by atoms with Gasteiger partial charge >= 0.3 is 0 Å². The average molecular weight is 708 g/mol. The van der Waals surface area contributed by atoms with E-state index >= 15 is 0 Å². The second-order valence-electron chi connectivity index (χ2n) is 14.4. The topological polar surface area (TPSA) is 13.1 Å². The van der Waals surface area contributed by atoms with Crippen LogP contribution in [0.1, 0.15) is 17.7 Å². The fraction of sp³-hybridized carbons (Fsp3) is 0.0400. The molecule has 0 atom stereocenters. The van der Waals surface area contributed by atoms with Crippen molar-refractivity contribution >= 4 is 98.1 Å². The van der Waals surface area contributed by atoms with E-state index in [0.29, 0.717) is 0 Å². The molecule has 12 rings (SSSR count). The summed E-state index contributed by atoms with van der Waals surface area (Å²) in [5.74, 6) is 0. The van der Waals surface area contributed by atoms with Gasteiger partial charge in [0, 0.05) is 81.1 Å². The van der Waals surface area contributed by atoms with Gasteiger partial charge in [-0.15, -0.1) is 11.3 Å². The van der Waals surface area contributed by atoms with E-state index in [-0.39, 0.29) is 0 Å². The van der Waals surface area contributed by atoms with Crippen LogP contribution < -0.4 is 4.90 Å². The van der Waals surface area contributed by atoms with Crippen molar-refractivity contribution in [3.05, 3.63) is 181 Å². The molecule has 11 aromatic rings. The molecule has 0 amide bonds. The third kappa shape index (κ3) is 4.17. The lowest BCUT2D eigenvalue weighted by Gasteiger charge is -2.27. The van der Waals surface area contributed by atoms with Crippen LogP contribution in [-0.4, -0.2) is 9.13 Å². The van der Waals surface area contributed by atoms with Crippen molar-refractivity contribution in [3.8, 4) is 11.4 Å². The molecule has 0 spiro atoms. The predicted molar refractivity (Wildman–Crippen MR) is 231 cm³/mol. The lowest BCUT2D eigenvalue weighted by molar-refractivity contribution is 0.888. The van der Waals surface area contributed by atoms with Gasteiger partial charge in [0.25, 0.3) is 0 Å². The molecular weight excluding hydrogens is 675 g/mol. The van der Waals surface area contributed by atoms with Crippen LogP contribution in [0, 0.1) is 0 Å². The summed E-state index contributed by atoms with van der Waals surface area (Å²) in [5, 5.41) is 9.13. The fourth-order valence-electron chi connectivity index (χ4n) is 9.25. The molecular formula is C50H33N3S. The van der Waals surface area contributed by atoms with Gasteiger partial charge < -0.3 is 14.0 Å². The molecule has 1 aliphatic rings. The smallest absolute Gasteiger partial charge is 0.0558 e. The number of nitrogens with zero attached hydrogens (tertiary/aromatic N) is 3. The van der Waals surface area contributed by atoms with Crippen molar-refractivity contribution in [2.24, 2.45) is 0 Å². The van der Waals surface area contributed by atoms with E-state index in [4.69, 9.17) is 0 Å². The summed E-state index contributed by atoms with van der Waals surface area (Å²) >= 11 is 1.91. The van der Waals surface area contributed by atoms with Gasteiger partial charge in [0.1, 0.15) is 0 Å². The number of aromatic nitrogens is 2. The molecule has 0 bridgehead atoms. The van der Waals surface area contributed by atoms with Gasteiger partial charge in [0.2, 0.25) is 0 Å². The normalized spacial score (nSPS) is 13.0. The number of allylic oxidation sites excluding steroid dienone is 1. The van der Waals surface area contributed by atoms with Crippen molar-refractivity contribution < 1.29 is 0 Å². The zero-order valence-electron chi connectivity index (χ0n) is 29.4. The zero-order chi connectivity index (χ0) is 35.3. The fourth-order valence-corrected chi connectivity index (χ4v) is 10.5. The minimum Gasteiger partial charge on any atom is -0.313 e. The van der Waals surface area contributed by atoms with Crippen molar-refractivity contribution in [1.82, 2.24) is 9.13 Å². The standard InChI is InChI=1S/C50H33N3S/c1-4-14-32(15-5-1)51(35-24-25-37-36-20-10-12-22-42(36)52(45(37)30-35)33-16-6-2-7-17-33)43-28-29-44-48-39(43)26-27-40-49(48)46(53(44)34-18-8-3-9-19-34)31-41-38-21-11-13-23-47(38)54-50(40)41/h1-11,13-21,23-31H,12,22H2. The first kappa shape index (κ1) is 29.9. The number of rotatable bonds is 5. The molecule has 54 heavy (non-hydrogen) atoms. The molecule has 0 aliphatic heterocycles. The van der Waals surface area contributed by atoms with E-state index in [1.165, 1.54) is 92.0 Å². The van der Waals surface area contributed by atoms with E-state index in [1.807, 2.05) is 11.3 Å². The summed E-state index contributed by atoms with van der Waals surface area (Å²) in [6, 6.07) is 60.4. The number of thiophene rings is 1. The maximum Gasteiger partial charge on any atom is 0.0558 e. The number of fused-ring (bicyclic) bond motifs is 7. The van der Waals surface area contributed by atoms with E-state index < -0.39 is 0 Å². The molecule has 3 nitrogen and oxygen atoms in total. The molecule has 0 N–H and O–H groups in total.